The van der Waals surface area contributed by atoms with Crippen LogP contribution >= 0.6 is 0 Å². The molecular weight excluding hydrogens is 174 g/mol. The first-order chi connectivity index (χ1) is 6.95. The fraction of sp³-hybridized carbons (Fsp3) is 0.545. The molecule has 1 aromatic rings. The minimum Gasteiger partial charge on any atom is -0.366 e. The monoisotopic (exact) mass is 189 g/mol. The Morgan fingerprint density at radius 2 is 2.43 bits per heavy atom. The lowest BCUT2D eigenvalue weighted by atomic mass is 10.1. The van der Waals surface area contributed by atoms with Gasteiger partial charge in [0.1, 0.15) is 0 Å². The molecule has 0 spiro atoms. The zero-order chi connectivity index (χ0) is 9.38. The number of nitrogens with one attached hydrogen (secondary N) is 1. The molecule has 2 unspecified atom stereocenters. The number of hydrogen-bond acceptors (Lipinski definition) is 3. The third-order valence-corrected chi connectivity index (χ3v) is 3.42. The van der Waals surface area contributed by atoms with E-state index in [0.29, 0.717) is 6.04 Å². The molecule has 0 amide bonds. The third kappa shape index (κ3) is 1.20. The SMILES string of the molecule is c1cncc(N2CCC3CNCC32)c1. The molecule has 3 rings (SSSR count). The molecule has 2 aliphatic heterocycles. The Morgan fingerprint density at radius 1 is 1.43 bits per heavy atom. The van der Waals surface area contributed by atoms with Crippen LogP contribution in [0.25, 0.3) is 0 Å². The average molecular weight is 189 g/mol. The molecule has 1 aromatic heterocycles. The number of pyridine rings is 1. The van der Waals surface area contributed by atoms with Crippen LogP contribution in [0.5, 0.6) is 0 Å². The van der Waals surface area contributed by atoms with Gasteiger partial charge >= 0.3 is 0 Å². The molecule has 14 heavy (non-hydrogen) atoms. The summed E-state index contributed by atoms with van der Waals surface area (Å²) in [7, 11) is 0. The van der Waals surface area contributed by atoms with E-state index in [0.717, 1.165) is 12.5 Å². The molecule has 2 aliphatic rings. The Labute approximate surface area is 84.1 Å². The second-order valence-corrected chi connectivity index (χ2v) is 4.18. The van der Waals surface area contributed by atoms with E-state index in [-0.39, 0.29) is 0 Å². The lowest BCUT2D eigenvalue weighted by Gasteiger charge is -2.25. The lowest BCUT2D eigenvalue weighted by molar-refractivity contribution is 0.578. The minimum absolute atomic E-state index is 0.708. The predicted octanol–water partition coefficient (Wildman–Crippen LogP) is 0.880. The smallest absolute Gasteiger partial charge is 0.0555 e. The molecule has 0 bridgehead atoms. The fourth-order valence-corrected chi connectivity index (χ4v) is 2.69. The Hall–Kier alpha value is -1.09. The summed E-state index contributed by atoms with van der Waals surface area (Å²) in [5, 5.41) is 3.46. The Bertz CT molecular complexity index is 312. The zero-order valence-corrected chi connectivity index (χ0v) is 8.19. The Kier molecular flexibility index (Phi) is 1.91. The van der Waals surface area contributed by atoms with Crippen LogP contribution in [0.1, 0.15) is 6.42 Å². The molecule has 2 atom stereocenters. The van der Waals surface area contributed by atoms with Crippen molar-refractivity contribution in [3.05, 3.63) is 24.5 Å². The van der Waals surface area contributed by atoms with E-state index < -0.39 is 0 Å². The van der Waals surface area contributed by atoms with Gasteiger partial charge in [0.25, 0.3) is 0 Å². The van der Waals surface area contributed by atoms with Gasteiger partial charge in [-0.2, -0.15) is 0 Å². The van der Waals surface area contributed by atoms with Gasteiger partial charge < -0.3 is 10.2 Å². The van der Waals surface area contributed by atoms with E-state index in [2.05, 4.69) is 21.3 Å². The van der Waals surface area contributed by atoms with Crippen molar-refractivity contribution in [2.24, 2.45) is 5.92 Å². The minimum atomic E-state index is 0.708. The summed E-state index contributed by atoms with van der Waals surface area (Å²) in [5.41, 5.74) is 1.28. The van der Waals surface area contributed by atoms with Crippen LogP contribution in [0.3, 0.4) is 0 Å². The fourth-order valence-electron chi connectivity index (χ4n) is 2.69. The van der Waals surface area contributed by atoms with E-state index in [4.69, 9.17) is 0 Å². The molecule has 3 nitrogen and oxygen atoms in total. The quantitative estimate of drug-likeness (QED) is 0.711. The van der Waals surface area contributed by atoms with Gasteiger partial charge in [-0.1, -0.05) is 0 Å². The highest BCUT2D eigenvalue weighted by Gasteiger charge is 2.37. The van der Waals surface area contributed by atoms with Crippen LogP contribution in [0.15, 0.2) is 24.5 Å². The number of anilines is 1. The van der Waals surface area contributed by atoms with Crippen LogP contribution in [0.4, 0.5) is 5.69 Å². The number of hydrogen-bond donors (Lipinski definition) is 1. The molecule has 0 aliphatic carbocycles. The predicted molar refractivity (Wildman–Crippen MR) is 56.3 cm³/mol. The first kappa shape index (κ1) is 8.24. The molecule has 0 aromatic carbocycles. The van der Waals surface area contributed by atoms with Gasteiger partial charge in [-0.25, -0.2) is 0 Å². The van der Waals surface area contributed by atoms with E-state index in [9.17, 15) is 0 Å². The number of nitrogens with zero attached hydrogens (tertiary/aromatic N) is 2. The normalized spacial score (nSPS) is 30.7. The Morgan fingerprint density at radius 3 is 3.29 bits per heavy atom. The van der Waals surface area contributed by atoms with E-state index in [1.165, 1.54) is 25.2 Å². The van der Waals surface area contributed by atoms with Gasteiger partial charge in [0.15, 0.2) is 0 Å². The molecule has 3 heteroatoms. The molecule has 0 saturated carbocycles. The van der Waals surface area contributed by atoms with Crippen molar-refractivity contribution in [2.75, 3.05) is 24.5 Å². The molecule has 0 radical (unpaired) electrons. The van der Waals surface area contributed by atoms with Gasteiger partial charge in [0.2, 0.25) is 0 Å². The van der Waals surface area contributed by atoms with E-state index in [1.807, 2.05) is 18.5 Å². The summed E-state index contributed by atoms with van der Waals surface area (Å²) >= 11 is 0. The van der Waals surface area contributed by atoms with Crippen LogP contribution in [0, 0.1) is 5.92 Å². The maximum absolute atomic E-state index is 4.18. The highest BCUT2D eigenvalue weighted by Crippen LogP contribution is 2.31. The van der Waals surface area contributed by atoms with Gasteiger partial charge in [0, 0.05) is 31.9 Å². The summed E-state index contributed by atoms with van der Waals surface area (Å²) in [4.78, 5) is 6.68. The summed E-state index contributed by atoms with van der Waals surface area (Å²) in [6, 6.07) is 4.89. The maximum atomic E-state index is 4.18. The first-order valence-electron chi connectivity index (χ1n) is 5.32. The summed E-state index contributed by atoms with van der Waals surface area (Å²) in [6.45, 7) is 3.53. The van der Waals surface area contributed by atoms with Crippen LogP contribution < -0.4 is 10.2 Å². The molecule has 1 N–H and O–H groups in total. The molecule has 3 heterocycles. The van der Waals surface area contributed by atoms with Crippen LogP contribution in [-0.2, 0) is 0 Å². The van der Waals surface area contributed by atoms with Gasteiger partial charge in [0.05, 0.1) is 11.9 Å². The second-order valence-electron chi connectivity index (χ2n) is 4.18. The van der Waals surface area contributed by atoms with Gasteiger partial charge in [-0.15, -0.1) is 0 Å². The average Bonchev–Trinajstić information content (AvgIpc) is 2.79. The second kappa shape index (κ2) is 3.24. The molecular formula is C11H15N3. The van der Waals surface area contributed by atoms with Crippen LogP contribution in [0.2, 0.25) is 0 Å². The van der Waals surface area contributed by atoms with Crippen molar-refractivity contribution < 1.29 is 0 Å². The largest absolute Gasteiger partial charge is 0.366 e. The van der Waals surface area contributed by atoms with Crippen molar-refractivity contribution in [3.63, 3.8) is 0 Å². The standard InChI is InChI=1S/C11H15N3/c1-2-10(7-12-4-1)14-5-3-9-6-13-8-11(9)14/h1-2,4,7,9,11,13H,3,5-6,8H2. The van der Waals surface area contributed by atoms with Gasteiger partial charge in [-0.05, 0) is 24.5 Å². The highest BCUT2D eigenvalue weighted by atomic mass is 15.2. The van der Waals surface area contributed by atoms with E-state index >= 15 is 0 Å². The highest BCUT2D eigenvalue weighted by molar-refractivity contribution is 5.46. The number of rotatable bonds is 1. The van der Waals surface area contributed by atoms with E-state index in [1.54, 1.807) is 0 Å². The van der Waals surface area contributed by atoms with Crippen LogP contribution in [-0.4, -0.2) is 30.7 Å². The zero-order valence-electron chi connectivity index (χ0n) is 8.19. The third-order valence-electron chi connectivity index (χ3n) is 3.42. The van der Waals surface area contributed by atoms with Gasteiger partial charge in [-0.3, -0.25) is 4.98 Å². The summed E-state index contributed by atoms with van der Waals surface area (Å²) in [5.74, 6) is 0.857. The van der Waals surface area contributed by atoms with Crippen molar-refractivity contribution in [1.29, 1.82) is 0 Å². The topological polar surface area (TPSA) is 28.2 Å². The molecule has 2 fully saturated rings. The maximum Gasteiger partial charge on any atom is 0.0555 e. The molecule has 74 valence electrons. The lowest BCUT2D eigenvalue weighted by Crippen LogP contribution is -2.34. The van der Waals surface area contributed by atoms with Crippen molar-refractivity contribution in [2.45, 2.75) is 12.5 Å². The number of aromatic nitrogens is 1. The van der Waals surface area contributed by atoms with Crippen molar-refractivity contribution >= 4 is 5.69 Å². The summed E-state index contributed by atoms with van der Waals surface area (Å²) in [6.07, 6.45) is 5.14. The first-order valence-corrected chi connectivity index (χ1v) is 5.32. The van der Waals surface area contributed by atoms with Crippen molar-refractivity contribution in [1.82, 2.24) is 10.3 Å². The number of fused-ring (bicyclic) bond motifs is 1. The summed E-state index contributed by atoms with van der Waals surface area (Å²) < 4.78 is 0. The van der Waals surface area contributed by atoms with Crippen molar-refractivity contribution in [3.8, 4) is 0 Å². The molecule has 2 saturated heterocycles. The Balaban J connectivity index is 1.86.